The number of likely N-dealkylation sites (tertiary alicyclic amines) is 1. The number of hydrogen-bond donors (Lipinski definition) is 0. The zero-order chi connectivity index (χ0) is 13.3. The van der Waals surface area contributed by atoms with Crippen molar-refractivity contribution in [2.45, 2.75) is 33.2 Å². The van der Waals surface area contributed by atoms with E-state index < -0.39 is 0 Å². The van der Waals surface area contributed by atoms with Crippen LogP contribution in [0, 0.1) is 19.8 Å². The molecule has 2 nitrogen and oxygen atoms in total. The molecule has 18 heavy (non-hydrogen) atoms. The minimum Gasteiger partial charge on any atom is -0.334 e. The minimum atomic E-state index is 0.139. The lowest BCUT2D eigenvalue weighted by atomic mass is 10.0. The van der Waals surface area contributed by atoms with Crippen molar-refractivity contribution in [3.8, 4) is 0 Å². The Labute approximate surface area is 114 Å². The van der Waals surface area contributed by atoms with Crippen molar-refractivity contribution in [1.29, 1.82) is 0 Å². The summed E-state index contributed by atoms with van der Waals surface area (Å²) in [6, 6.07) is 6.16. The van der Waals surface area contributed by atoms with Gasteiger partial charge in [0, 0.05) is 24.0 Å². The van der Waals surface area contributed by atoms with Gasteiger partial charge in [-0.3, -0.25) is 4.79 Å². The molecule has 1 saturated heterocycles. The van der Waals surface area contributed by atoms with E-state index in [1.807, 2.05) is 36.9 Å². The zero-order valence-electron chi connectivity index (χ0n) is 11.2. The molecule has 0 bridgehead atoms. The van der Waals surface area contributed by atoms with Gasteiger partial charge in [-0.1, -0.05) is 25.1 Å². The molecule has 0 aromatic heterocycles. The van der Waals surface area contributed by atoms with Gasteiger partial charge in [0.15, 0.2) is 0 Å². The SMILES string of the molecule is Cc1cccc(C)c1C(=O)N1CCC(C)C1CCl. The fourth-order valence-corrected chi connectivity index (χ4v) is 3.26. The summed E-state index contributed by atoms with van der Waals surface area (Å²) >= 11 is 6.01. The van der Waals surface area contributed by atoms with Gasteiger partial charge < -0.3 is 4.90 Å². The Morgan fingerprint density at radius 1 is 1.39 bits per heavy atom. The van der Waals surface area contributed by atoms with Crippen LogP contribution in [0.4, 0.5) is 0 Å². The first-order valence-corrected chi connectivity index (χ1v) is 7.03. The highest BCUT2D eigenvalue weighted by Crippen LogP contribution is 2.28. The molecule has 2 unspecified atom stereocenters. The van der Waals surface area contributed by atoms with E-state index in [0.29, 0.717) is 11.8 Å². The van der Waals surface area contributed by atoms with Crippen LogP contribution in [-0.2, 0) is 0 Å². The first-order valence-electron chi connectivity index (χ1n) is 6.49. The van der Waals surface area contributed by atoms with E-state index in [0.717, 1.165) is 29.7 Å². The molecule has 2 atom stereocenters. The molecule has 0 saturated carbocycles. The fourth-order valence-electron chi connectivity index (χ4n) is 2.79. The van der Waals surface area contributed by atoms with E-state index in [4.69, 9.17) is 11.6 Å². The van der Waals surface area contributed by atoms with Gasteiger partial charge >= 0.3 is 0 Å². The van der Waals surface area contributed by atoms with E-state index in [-0.39, 0.29) is 11.9 Å². The minimum absolute atomic E-state index is 0.139. The summed E-state index contributed by atoms with van der Waals surface area (Å²) in [4.78, 5) is 14.6. The number of nitrogens with zero attached hydrogens (tertiary/aromatic N) is 1. The molecule has 2 rings (SSSR count). The topological polar surface area (TPSA) is 20.3 Å². The van der Waals surface area contributed by atoms with Gasteiger partial charge in [0.1, 0.15) is 0 Å². The van der Waals surface area contributed by atoms with Crippen LogP contribution >= 0.6 is 11.6 Å². The Bertz CT molecular complexity index is 438. The normalized spacial score (nSPS) is 23.4. The van der Waals surface area contributed by atoms with Gasteiger partial charge in [0.05, 0.1) is 0 Å². The van der Waals surface area contributed by atoms with Crippen LogP contribution in [0.2, 0.25) is 0 Å². The van der Waals surface area contributed by atoms with Crippen molar-refractivity contribution in [1.82, 2.24) is 4.90 Å². The Balaban J connectivity index is 2.32. The summed E-state index contributed by atoms with van der Waals surface area (Å²) in [5.41, 5.74) is 2.95. The van der Waals surface area contributed by atoms with E-state index in [1.54, 1.807) is 0 Å². The van der Waals surface area contributed by atoms with Crippen LogP contribution in [0.3, 0.4) is 0 Å². The molecular formula is C15H20ClNO. The van der Waals surface area contributed by atoms with Gasteiger partial charge in [0.25, 0.3) is 5.91 Å². The number of aryl methyl sites for hydroxylation is 2. The molecule has 1 aromatic rings. The second-order valence-electron chi connectivity index (χ2n) is 5.25. The number of hydrogen-bond acceptors (Lipinski definition) is 1. The smallest absolute Gasteiger partial charge is 0.254 e. The Hall–Kier alpha value is -1.02. The lowest BCUT2D eigenvalue weighted by Crippen LogP contribution is -2.39. The molecule has 1 aliphatic rings. The maximum Gasteiger partial charge on any atom is 0.254 e. The van der Waals surface area contributed by atoms with E-state index in [2.05, 4.69) is 6.92 Å². The van der Waals surface area contributed by atoms with Crippen LogP contribution in [0.15, 0.2) is 18.2 Å². The highest BCUT2D eigenvalue weighted by molar-refractivity contribution is 6.18. The summed E-state index contributed by atoms with van der Waals surface area (Å²) < 4.78 is 0. The number of alkyl halides is 1. The van der Waals surface area contributed by atoms with Crippen molar-refractivity contribution in [3.05, 3.63) is 34.9 Å². The van der Waals surface area contributed by atoms with Crippen LogP contribution in [0.5, 0.6) is 0 Å². The molecule has 1 aromatic carbocycles. The number of halogens is 1. The van der Waals surface area contributed by atoms with Crippen LogP contribution in [0.25, 0.3) is 0 Å². The molecule has 3 heteroatoms. The molecular weight excluding hydrogens is 246 g/mol. The highest BCUT2D eigenvalue weighted by atomic mass is 35.5. The molecule has 1 heterocycles. The van der Waals surface area contributed by atoms with Crippen molar-refractivity contribution < 1.29 is 4.79 Å². The van der Waals surface area contributed by atoms with Gasteiger partial charge in [-0.25, -0.2) is 0 Å². The van der Waals surface area contributed by atoms with Gasteiger partial charge in [-0.15, -0.1) is 11.6 Å². The first-order chi connectivity index (χ1) is 8.56. The predicted molar refractivity (Wildman–Crippen MR) is 75.2 cm³/mol. The van der Waals surface area contributed by atoms with Crippen molar-refractivity contribution >= 4 is 17.5 Å². The third-order valence-corrected chi connectivity index (χ3v) is 4.31. The third kappa shape index (κ3) is 2.26. The first kappa shape index (κ1) is 13.4. The van der Waals surface area contributed by atoms with E-state index >= 15 is 0 Å². The Morgan fingerprint density at radius 3 is 2.56 bits per heavy atom. The summed E-state index contributed by atoms with van der Waals surface area (Å²) in [5.74, 6) is 1.16. The summed E-state index contributed by atoms with van der Waals surface area (Å²) in [6.45, 7) is 6.99. The average molecular weight is 266 g/mol. The molecule has 0 N–H and O–H groups in total. The number of amides is 1. The molecule has 1 amide bonds. The summed E-state index contributed by atoms with van der Waals surface area (Å²) in [6.07, 6.45) is 1.05. The molecule has 0 radical (unpaired) electrons. The number of benzene rings is 1. The van der Waals surface area contributed by atoms with E-state index in [1.165, 1.54) is 0 Å². The van der Waals surface area contributed by atoms with Gasteiger partial charge in [-0.05, 0) is 37.3 Å². The third-order valence-electron chi connectivity index (χ3n) is 4.00. The van der Waals surface area contributed by atoms with Gasteiger partial charge in [-0.2, -0.15) is 0 Å². The van der Waals surface area contributed by atoms with Crippen molar-refractivity contribution in [3.63, 3.8) is 0 Å². The number of carbonyl (C=O) groups excluding carboxylic acids is 1. The monoisotopic (exact) mass is 265 g/mol. The number of rotatable bonds is 2. The Kier molecular flexibility index (Phi) is 3.96. The van der Waals surface area contributed by atoms with Crippen molar-refractivity contribution in [2.75, 3.05) is 12.4 Å². The molecule has 1 fully saturated rings. The predicted octanol–water partition coefficient (Wildman–Crippen LogP) is 3.39. The summed E-state index contributed by atoms with van der Waals surface area (Å²) in [5, 5.41) is 0. The summed E-state index contributed by atoms with van der Waals surface area (Å²) in [7, 11) is 0. The average Bonchev–Trinajstić information content (AvgIpc) is 2.69. The van der Waals surface area contributed by atoms with Crippen LogP contribution in [0.1, 0.15) is 34.8 Å². The number of carbonyl (C=O) groups is 1. The maximum absolute atomic E-state index is 12.7. The standard InChI is InChI=1S/C15H20ClNO/c1-10-7-8-17(13(10)9-16)15(18)14-11(2)5-4-6-12(14)3/h4-6,10,13H,7-9H2,1-3H3. The van der Waals surface area contributed by atoms with Crippen LogP contribution < -0.4 is 0 Å². The molecule has 0 aliphatic carbocycles. The molecule has 98 valence electrons. The van der Waals surface area contributed by atoms with E-state index in [9.17, 15) is 4.79 Å². The maximum atomic E-state index is 12.7. The largest absolute Gasteiger partial charge is 0.334 e. The lowest BCUT2D eigenvalue weighted by Gasteiger charge is -2.26. The second-order valence-corrected chi connectivity index (χ2v) is 5.56. The van der Waals surface area contributed by atoms with Gasteiger partial charge in [0.2, 0.25) is 0 Å². The fraction of sp³-hybridized carbons (Fsp3) is 0.533. The molecule has 1 aliphatic heterocycles. The quantitative estimate of drug-likeness (QED) is 0.751. The zero-order valence-corrected chi connectivity index (χ0v) is 12.0. The van der Waals surface area contributed by atoms with Crippen LogP contribution in [-0.4, -0.2) is 29.3 Å². The van der Waals surface area contributed by atoms with Crippen molar-refractivity contribution in [2.24, 2.45) is 5.92 Å². The lowest BCUT2D eigenvalue weighted by molar-refractivity contribution is 0.0735. The molecule has 0 spiro atoms. The highest BCUT2D eigenvalue weighted by Gasteiger charge is 2.34. The Morgan fingerprint density at radius 2 is 2.00 bits per heavy atom. The second kappa shape index (κ2) is 5.31.